The largest absolute Gasteiger partial charge is 0.381 e. The third-order valence-electron chi connectivity index (χ3n) is 2.00. The van der Waals surface area contributed by atoms with Crippen molar-refractivity contribution in [3.05, 3.63) is 28.5 Å². The van der Waals surface area contributed by atoms with E-state index < -0.39 is 0 Å². The van der Waals surface area contributed by atoms with Gasteiger partial charge in [0.25, 0.3) is 0 Å². The van der Waals surface area contributed by atoms with Crippen molar-refractivity contribution in [3.8, 4) is 0 Å². The van der Waals surface area contributed by atoms with Crippen LogP contribution in [0.25, 0.3) is 5.70 Å². The average Bonchev–Trinajstić information content (AvgIpc) is 2.53. The maximum Gasteiger partial charge on any atom is 0.159 e. The zero-order chi connectivity index (χ0) is 9.26. The van der Waals surface area contributed by atoms with Crippen molar-refractivity contribution in [2.45, 2.75) is 19.4 Å². The predicted molar refractivity (Wildman–Crippen MR) is 54.5 cm³/mol. The molecule has 0 saturated heterocycles. The molecule has 1 aromatic rings. The van der Waals surface area contributed by atoms with Crippen molar-refractivity contribution < 1.29 is 4.79 Å². The SMILES string of the molecule is CC1CC(=O)C=C(c2cccs2)N1. The number of carbonyl (C=O) groups is 1. The van der Waals surface area contributed by atoms with Crippen molar-refractivity contribution >= 4 is 22.8 Å². The van der Waals surface area contributed by atoms with Crippen LogP contribution in [0.4, 0.5) is 0 Å². The first kappa shape index (κ1) is 8.51. The molecule has 0 saturated carbocycles. The van der Waals surface area contributed by atoms with Crippen LogP contribution in [-0.4, -0.2) is 11.8 Å². The number of rotatable bonds is 1. The number of ketones is 1. The summed E-state index contributed by atoms with van der Waals surface area (Å²) < 4.78 is 0. The van der Waals surface area contributed by atoms with Crippen molar-refractivity contribution in [2.75, 3.05) is 0 Å². The Morgan fingerprint density at radius 3 is 3.08 bits per heavy atom. The van der Waals surface area contributed by atoms with E-state index in [0.29, 0.717) is 6.42 Å². The van der Waals surface area contributed by atoms with Crippen molar-refractivity contribution in [1.29, 1.82) is 0 Å². The molecule has 0 aromatic carbocycles. The molecule has 0 fully saturated rings. The van der Waals surface area contributed by atoms with Crippen LogP contribution in [0.1, 0.15) is 18.2 Å². The molecule has 2 nitrogen and oxygen atoms in total. The number of carbonyl (C=O) groups excluding carboxylic acids is 1. The minimum absolute atomic E-state index is 0.217. The van der Waals surface area contributed by atoms with Crippen molar-refractivity contribution in [1.82, 2.24) is 5.32 Å². The normalized spacial score (nSPS) is 22.4. The molecule has 1 aromatic heterocycles. The second-order valence-corrected chi connectivity index (χ2v) is 4.20. The van der Waals surface area contributed by atoms with E-state index in [1.165, 1.54) is 0 Å². The van der Waals surface area contributed by atoms with Gasteiger partial charge >= 0.3 is 0 Å². The predicted octanol–water partition coefficient (Wildman–Crippen LogP) is 2.04. The fraction of sp³-hybridized carbons (Fsp3) is 0.300. The monoisotopic (exact) mass is 193 g/mol. The molecule has 2 rings (SSSR count). The Balaban J connectivity index is 2.29. The van der Waals surface area contributed by atoms with Crippen LogP contribution >= 0.6 is 11.3 Å². The van der Waals surface area contributed by atoms with Gasteiger partial charge in [0.15, 0.2) is 5.78 Å². The highest BCUT2D eigenvalue weighted by Gasteiger charge is 2.16. The highest BCUT2D eigenvalue weighted by atomic mass is 32.1. The molecule has 0 bridgehead atoms. The third kappa shape index (κ3) is 1.80. The number of nitrogens with one attached hydrogen (secondary N) is 1. The van der Waals surface area contributed by atoms with E-state index in [2.05, 4.69) is 5.32 Å². The summed E-state index contributed by atoms with van der Waals surface area (Å²) in [6, 6.07) is 4.27. The van der Waals surface area contributed by atoms with E-state index >= 15 is 0 Å². The Morgan fingerprint density at radius 1 is 1.62 bits per heavy atom. The zero-order valence-corrected chi connectivity index (χ0v) is 8.23. The van der Waals surface area contributed by atoms with Crippen molar-refractivity contribution in [3.63, 3.8) is 0 Å². The minimum atomic E-state index is 0.217. The molecule has 13 heavy (non-hydrogen) atoms. The molecule has 2 heterocycles. The van der Waals surface area contributed by atoms with E-state index in [-0.39, 0.29) is 11.8 Å². The first-order chi connectivity index (χ1) is 6.25. The van der Waals surface area contributed by atoms with Gasteiger partial charge in [0, 0.05) is 18.5 Å². The van der Waals surface area contributed by atoms with E-state index in [9.17, 15) is 4.79 Å². The van der Waals surface area contributed by atoms with E-state index in [0.717, 1.165) is 10.6 Å². The van der Waals surface area contributed by atoms with Gasteiger partial charge in [-0.1, -0.05) is 6.07 Å². The Bertz CT molecular complexity index is 340. The molecule has 68 valence electrons. The van der Waals surface area contributed by atoms with Gasteiger partial charge in [-0.05, 0) is 18.4 Å². The second kappa shape index (κ2) is 3.34. The molecule has 1 aliphatic rings. The first-order valence-corrected chi connectivity index (χ1v) is 5.18. The van der Waals surface area contributed by atoms with Crippen molar-refractivity contribution in [2.24, 2.45) is 0 Å². The van der Waals surface area contributed by atoms with Gasteiger partial charge < -0.3 is 5.32 Å². The molecule has 0 amide bonds. The molecule has 1 aliphatic heterocycles. The molecule has 0 aliphatic carbocycles. The van der Waals surface area contributed by atoms with Gasteiger partial charge in [0.2, 0.25) is 0 Å². The fourth-order valence-electron chi connectivity index (χ4n) is 1.45. The van der Waals surface area contributed by atoms with E-state index in [4.69, 9.17) is 0 Å². The number of hydrogen-bond donors (Lipinski definition) is 1. The Morgan fingerprint density at radius 2 is 2.46 bits per heavy atom. The topological polar surface area (TPSA) is 29.1 Å². The maximum atomic E-state index is 11.3. The lowest BCUT2D eigenvalue weighted by Gasteiger charge is -2.20. The van der Waals surface area contributed by atoms with Gasteiger partial charge in [-0.25, -0.2) is 0 Å². The van der Waals surface area contributed by atoms with Gasteiger partial charge in [-0.2, -0.15) is 0 Å². The Hall–Kier alpha value is -1.09. The highest BCUT2D eigenvalue weighted by molar-refractivity contribution is 7.11. The molecule has 1 unspecified atom stereocenters. The summed E-state index contributed by atoms with van der Waals surface area (Å²) in [4.78, 5) is 12.4. The van der Waals surface area contributed by atoms with Gasteiger partial charge in [0.05, 0.1) is 10.6 Å². The van der Waals surface area contributed by atoms with Crippen LogP contribution in [0, 0.1) is 0 Å². The lowest BCUT2D eigenvalue weighted by atomic mass is 10.1. The van der Waals surface area contributed by atoms with Crippen LogP contribution in [0.15, 0.2) is 23.6 Å². The summed E-state index contributed by atoms with van der Waals surface area (Å²) in [6.45, 7) is 2.03. The lowest BCUT2D eigenvalue weighted by Crippen LogP contribution is -2.31. The lowest BCUT2D eigenvalue weighted by molar-refractivity contribution is -0.115. The minimum Gasteiger partial charge on any atom is -0.381 e. The summed E-state index contributed by atoms with van der Waals surface area (Å²) in [5.74, 6) is 0.217. The van der Waals surface area contributed by atoms with Crippen LogP contribution in [-0.2, 0) is 4.79 Å². The second-order valence-electron chi connectivity index (χ2n) is 3.25. The maximum absolute atomic E-state index is 11.3. The number of hydrogen-bond acceptors (Lipinski definition) is 3. The zero-order valence-electron chi connectivity index (χ0n) is 7.41. The molecule has 1 atom stereocenters. The molecular formula is C10H11NOS. The van der Waals surface area contributed by atoms with Crippen LogP contribution in [0.5, 0.6) is 0 Å². The number of thiophene rings is 1. The molecule has 3 heteroatoms. The van der Waals surface area contributed by atoms with Crippen LogP contribution < -0.4 is 5.32 Å². The van der Waals surface area contributed by atoms with Gasteiger partial charge in [-0.15, -0.1) is 11.3 Å². The summed E-state index contributed by atoms with van der Waals surface area (Å²) >= 11 is 1.65. The average molecular weight is 193 g/mol. The van der Waals surface area contributed by atoms with Gasteiger partial charge in [-0.3, -0.25) is 4.79 Å². The first-order valence-electron chi connectivity index (χ1n) is 4.30. The summed E-state index contributed by atoms with van der Waals surface area (Å²) in [5.41, 5.74) is 0.971. The molecular weight excluding hydrogens is 182 g/mol. The fourth-order valence-corrected chi connectivity index (χ4v) is 2.16. The summed E-state index contributed by atoms with van der Waals surface area (Å²) in [5, 5.41) is 5.32. The standard InChI is InChI=1S/C10H11NOS/c1-7-5-8(12)6-9(11-7)10-3-2-4-13-10/h2-4,6-7,11H,5H2,1H3. The Kier molecular flexibility index (Phi) is 2.19. The molecule has 0 radical (unpaired) electrons. The van der Waals surface area contributed by atoms with E-state index in [1.54, 1.807) is 17.4 Å². The molecule has 1 N–H and O–H groups in total. The third-order valence-corrected chi connectivity index (χ3v) is 2.90. The quantitative estimate of drug-likeness (QED) is 0.739. The highest BCUT2D eigenvalue weighted by Crippen LogP contribution is 2.21. The Labute approximate surface area is 81.3 Å². The smallest absolute Gasteiger partial charge is 0.159 e. The molecule has 0 spiro atoms. The van der Waals surface area contributed by atoms with Crippen LogP contribution in [0.3, 0.4) is 0 Å². The number of allylic oxidation sites excluding steroid dienone is 1. The van der Waals surface area contributed by atoms with Crippen LogP contribution in [0.2, 0.25) is 0 Å². The summed E-state index contributed by atoms with van der Waals surface area (Å²) in [7, 11) is 0. The van der Waals surface area contributed by atoms with Gasteiger partial charge in [0.1, 0.15) is 0 Å². The van der Waals surface area contributed by atoms with E-state index in [1.807, 2.05) is 24.4 Å². The summed E-state index contributed by atoms with van der Waals surface area (Å²) in [6.07, 6.45) is 2.31.